The molecule has 0 saturated heterocycles. The molecule has 2 N–H and O–H groups in total. The number of benzene rings is 1. The summed E-state index contributed by atoms with van der Waals surface area (Å²) in [6, 6.07) is 2.52. The number of hydrogen-bond donors (Lipinski definition) is 1. The summed E-state index contributed by atoms with van der Waals surface area (Å²) in [4.78, 5) is -0.668. The fourth-order valence-corrected chi connectivity index (χ4v) is 3.00. The van der Waals surface area contributed by atoms with E-state index in [4.69, 9.17) is 5.73 Å². The number of nitrogen functional groups attached to an aromatic ring is 1. The molecule has 0 unspecified atom stereocenters. The molecule has 0 amide bonds. The second-order valence-corrected chi connectivity index (χ2v) is 5.63. The van der Waals surface area contributed by atoms with Gasteiger partial charge in [-0.1, -0.05) is 6.92 Å². The first-order valence-electron chi connectivity index (χ1n) is 5.20. The second-order valence-electron chi connectivity index (χ2n) is 3.73. The zero-order chi connectivity index (χ0) is 14.8. The Labute approximate surface area is 107 Å². The van der Waals surface area contributed by atoms with Crippen LogP contribution in [0.1, 0.15) is 6.92 Å². The van der Waals surface area contributed by atoms with Gasteiger partial charge >= 0.3 is 6.18 Å². The summed E-state index contributed by atoms with van der Waals surface area (Å²) in [6.45, 7) is -0.807. The molecule has 19 heavy (non-hydrogen) atoms. The topological polar surface area (TPSA) is 63.4 Å². The van der Waals surface area contributed by atoms with Crippen LogP contribution in [0.2, 0.25) is 0 Å². The fraction of sp³-hybridized carbons (Fsp3) is 0.400. The van der Waals surface area contributed by atoms with Crippen molar-refractivity contribution in [3.05, 3.63) is 24.0 Å². The Kier molecular flexibility index (Phi) is 4.41. The normalized spacial score (nSPS) is 12.9. The number of alkyl halides is 3. The molecular weight excluding hydrogens is 288 g/mol. The molecule has 0 spiro atoms. The average Bonchev–Trinajstić information content (AvgIpc) is 2.27. The van der Waals surface area contributed by atoms with E-state index in [1.807, 2.05) is 0 Å². The summed E-state index contributed by atoms with van der Waals surface area (Å²) in [6.07, 6.45) is -4.69. The first-order valence-corrected chi connectivity index (χ1v) is 6.64. The van der Waals surface area contributed by atoms with Crippen molar-refractivity contribution in [2.24, 2.45) is 0 Å². The maximum absolute atomic E-state index is 13.0. The van der Waals surface area contributed by atoms with E-state index in [9.17, 15) is 26.0 Å². The van der Waals surface area contributed by atoms with E-state index in [2.05, 4.69) is 0 Å². The molecule has 0 aliphatic carbocycles. The lowest BCUT2D eigenvalue weighted by Gasteiger charge is -2.22. The lowest BCUT2D eigenvalue weighted by atomic mass is 10.3. The summed E-state index contributed by atoms with van der Waals surface area (Å²) in [5.41, 5.74) is 5.07. The molecule has 0 aromatic heterocycles. The SMILES string of the molecule is CCN(CC(F)(F)F)S(=O)(=O)c1cc(F)ccc1N. The molecule has 0 aliphatic rings. The highest BCUT2D eigenvalue weighted by Crippen LogP contribution is 2.26. The summed E-state index contributed by atoms with van der Waals surface area (Å²) in [5.74, 6) is -0.893. The molecule has 0 bridgehead atoms. The number of rotatable bonds is 4. The van der Waals surface area contributed by atoms with Gasteiger partial charge in [-0.3, -0.25) is 0 Å². The molecule has 9 heteroatoms. The van der Waals surface area contributed by atoms with E-state index >= 15 is 0 Å². The zero-order valence-electron chi connectivity index (χ0n) is 9.91. The molecule has 0 heterocycles. The first kappa shape index (κ1) is 15.7. The fourth-order valence-electron chi connectivity index (χ4n) is 1.44. The first-order chi connectivity index (χ1) is 8.58. The van der Waals surface area contributed by atoms with Crippen molar-refractivity contribution in [1.29, 1.82) is 0 Å². The highest BCUT2D eigenvalue weighted by molar-refractivity contribution is 7.89. The monoisotopic (exact) mass is 300 g/mol. The minimum atomic E-state index is -4.69. The standard InChI is InChI=1S/C10H12F4N2O2S/c1-2-16(6-10(12,13)14)19(17,18)9-5-7(11)3-4-8(9)15/h3-5H,2,6,15H2,1H3. The van der Waals surface area contributed by atoms with Gasteiger partial charge in [-0.15, -0.1) is 0 Å². The Bertz CT molecular complexity index is 557. The van der Waals surface area contributed by atoms with Crippen LogP contribution in [0.5, 0.6) is 0 Å². The summed E-state index contributed by atoms with van der Waals surface area (Å²) < 4.78 is 74.1. The quantitative estimate of drug-likeness (QED) is 0.683. The number of hydrogen-bond acceptors (Lipinski definition) is 3. The summed E-state index contributed by atoms with van der Waals surface area (Å²) in [5, 5.41) is 0. The van der Waals surface area contributed by atoms with Gasteiger partial charge in [0.15, 0.2) is 0 Å². The number of nitrogens with zero attached hydrogens (tertiary/aromatic N) is 1. The molecule has 0 fully saturated rings. The van der Waals surface area contributed by atoms with Crippen LogP contribution < -0.4 is 5.73 Å². The third kappa shape index (κ3) is 3.80. The predicted molar refractivity (Wildman–Crippen MR) is 61.3 cm³/mol. The highest BCUT2D eigenvalue weighted by Gasteiger charge is 2.36. The van der Waals surface area contributed by atoms with Gasteiger partial charge in [0.1, 0.15) is 17.3 Å². The molecule has 1 aromatic carbocycles. The molecule has 0 aliphatic heterocycles. The molecule has 0 atom stereocenters. The van der Waals surface area contributed by atoms with Gasteiger partial charge in [-0.2, -0.15) is 17.5 Å². The van der Waals surface area contributed by atoms with Crippen LogP contribution in [-0.2, 0) is 10.0 Å². The van der Waals surface area contributed by atoms with Crippen molar-refractivity contribution in [2.75, 3.05) is 18.8 Å². The molecule has 0 saturated carbocycles. The van der Waals surface area contributed by atoms with Gasteiger partial charge in [0, 0.05) is 6.54 Å². The van der Waals surface area contributed by atoms with Crippen molar-refractivity contribution < 1.29 is 26.0 Å². The van der Waals surface area contributed by atoms with E-state index < -0.39 is 40.0 Å². The predicted octanol–water partition coefficient (Wildman–Crippen LogP) is 1.98. The Morgan fingerprint density at radius 1 is 1.32 bits per heavy atom. The van der Waals surface area contributed by atoms with Crippen molar-refractivity contribution in [3.63, 3.8) is 0 Å². The maximum atomic E-state index is 13.0. The highest BCUT2D eigenvalue weighted by atomic mass is 32.2. The van der Waals surface area contributed by atoms with E-state index in [-0.39, 0.29) is 9.99 Å². The van der Waals surface area contributed by atoms with Gasteiger partial charge in [0.2, 0.25) is 10.0 Å². The average molecular weight is 300 g/mol. The minimum absolute atomic E-state index is 0.193. The Morgan fingerprint density at radius 2 is 1.89 bits per heavy atom. The Hall–Kier alpha value is -1.35. The van der Waals surface area contributed by atoms with Gasteiger partial charge < -0.3 is 5.73 Å². The van der Waals surface area contributed by atoms with Crippen LogP contribution in [0, 0.1) is 5.82 Å². The van der Waals surface area contributed by atoms with Gasteiger partial charge in [-0.25, -0.2) is 12.8 Å². The maximum Gasteiger partial charge on any atom is 0.402 e. The van der Waals surface area contributed by atoms with Gasteiger partial charge in [0.05, 0.1) is 5.69 Å². The molecule has 1 rings (SSSR count). The van der Waals surface area contributed by atoms with Crippen molar-refractivity contribution >= 4 is 15.7 Å². The number of halogens is 4. The molecule has 108 valence electrons. The molecular formula is C10H12F4N2O2S. The largest absolute Gasteiger partial charge is 0.402 e. The second kappa shape index (κ2) is 5.33. The third-order valence-corrected chi connectivity index (χ3v) is 4.28. The van der Waals surface area contributed by atoms with E-state index in [0.717, 1.165) is 12.1 Å². The summed E-state index contributed by atoms with van der Waals surface area (Å²) in [7, 11) is -4.49. The van der Waals surface area contributed by atoms with Gasteiger partial charge in [0.25, 0.3) is 0 Å². The lowest BCUT2D eigenvalue weighted by molar-refractivity contribution is -0.135. The van der Waals surface area contributed by atoms with Crippen LogP contribution >= 0.6 is 0 Å². The smallest absolute Gasteiger partial charge is 0.398 e. The van der Waals surface area contributed by atoms with E-state index in [0.29, 0.717) is 6.07 Å². The van der Waals surface area contributed by atoms with Crippen molar-refractivity contribution in [1.82, 2.24) is 4.31 Å². The Balaban J connectivity index is 3.25. The van der Waals surface area contributed by atoms with Crippen LogP contribution in [0.4, 0.5) is 23.2 Å². The van der Waals surface area contributed by atoms with Crippen molar-refractivity contribution in [3.8, 4) is 0 Å². The van der Waals surface area contributed by atoms with Gasteiger partial charge in [-0.05, 0) is 18.2 Å². The lowest BCUT2D eigenvalue weighted by Crippen LogP contribution is -2.39. The molecule has 4 nitrogen and oxygen atoms in total. The van der Waals surface area contributed by atoms with Crippen LogP contribution in [0.3, 0.4) is 0 Å². The number of sulfonamides is 1. The third-order valence-electron chi connectivity index (χ3n) is 2.30. The van der Waals surface area contributed by atoms with Crippen molar-refractivity contribution in [2.45, 2.75) is 18.0 Å². The zero-order valence-corrected chi connectivity index (χ0v) is 10.7. The van der Waals surface area contributed by atoms with E-state index in [1.54, 1.807) is 0 Å². The van der Waals surface area contributed by atoms with Crippen LogP contribution in [-0.4, -0.2) is 32.0 Å². The van der Waals surface area contributed by atoms with Crippen LogP contribution in [0.15, 0.2) is 23.1 Å². The molecule has 0 radical (unpaired) electrons. The molecule has 1 aromatic rings. The number of nitrogens with two attached hydrogens (primary N) is 1. The Morgan fingerprint density at radius 3 is 2.37 bits per heavy atom. The summed E-state index contributed by atoms with van der Waals surface area (Å²) >= 11 is 0. The minimum Gasteiger partial charge on any atom is -0.398 e. The van der Waals surface area contributed by atoms with E-state index in [1.165, 1.54) is 6.92 Å². The number of anilines is 1. The van der Waals surface area contributed by atoms with Crippen LogP contribution in [0.25, 0.3) is 0 Å².